The monoisotopic (exact) mass is 237 g/mol. The smallest absolute Gasteiger partial charge is 0.205 e. The van der Waals surface area contributed by atoms with Gasteiger partial charge in [-0.2, -0.15) is 5.10 Å². The standard InChI is InChI=1S/C10H15N5S/c1-4-9-13-14-10(16-9)11-5-8-6-12-15(3)7(8)2/h6H,4-5H2,1-3H3,(H,11,14). The van der Waals surface area contributed by atoms with Crippen LogP contribution >= 0.6 is 11.3 Å². The molecule has 0 radical (unpaired) electrons. The summed E-state index contributed by atoms with van der Waals surface area (Å²) in [5.74, 6) is 0. The Bertz CT molecular complexity index is 473. The Kier molecular flexibility index (Phi) is 3.19. The van der Waals surface area contributed by atoms with Crippen molar-refractivity contribution in [3.8, 4) is 0 Å². The van der Waals surface area contributed by atoms with E-state index in [1.807, 2.05) is 17.9 Å². The minimum atomic E-state index is 0.748. The molecule has 0 fully saturated rings. The van der Waals surface area contributed by atoms with Gasteiger partial charge in [-0.25, -0.2) is 0 Å². The molecule has 5 nitrogen and oxygen atoms in total. The van der Waals surface area contributed by atoms with Crippen molar-refractivity contribution in [1.29, 1.82) is 0 Å². The summed E-state index contributed by atoms with van der Waals surface area (Å²) in [4.78, 5) is 0. The molecule has 16 heavy (non-hydrogen) atoms. The molecule has 0 saturated carbocycles. The molecular formula is C10H15N5S. The molecule has 0 aliphatic rings. The first kappa shape index (κ1) is 11.1. The zero-order valence-electron chi connectivity index (χ0n) is 9.69. The summed E-state index contributed by atoms with van der Waals surface area (Å²) in [7, 11) is 1.94. The maximum absolute atomic E-state index is 4.19. The van der Waals surface area contributed by atoms with Crippen molar-refractivity contribution in [3.63, 3.8) is 0 Å². The molecule has 0 aromatic carbocycles. The number of nitrogens with one attached hydrogen (secondary N) is 1. The number of hydrogen-bond acceptors (Lipinski definition) is 5. The molecule has 0 saturated heterocycles. The van der Waals surface area contributed by atoms with Crippen molar-refractivity contribution < 1.29 is 0 Å². The molecular weight excluding hydrogens is 222 g/mol. The first-order valence-corrected chi connectivity index (χ1v) is 6.06. The SMILES string of the molecule is CCc1nnc(NCc2cnn(C)c2C)s1. The lowest BCUT2D eigenvalue weighted by Crippen LogP contribution is -2.01. The van der Waals surface area contributed by atoms with E-state index in [4.69, 9.17) is 0 Å². The van der Waals surface area contributed by atoms with E-state index >= 15 is 0 Å². The summed E-state index contributed by atoms with van der Waals surface area (Å²) in [6.07, 6.45) is 2.81. The van der Waals surface area contributed by atoms with Crippen LogP contribution in [0.4, 0.5) is 5.13 Å². The minimum absolute atomic E-state index is 0.748. The molecule has 0 amide bonds. The fourth-order valence-corrected chi connectivity index (χ4v) is 2.03. The molecule has 0 bridgehead atoms. The second-order valence-corrected chi connectivity index (χ2v) is 4.65. The predicted octanol–water partition coefficient (Wildman–Crippen LogP) is 1.75. The number of anilines is 1. The molecule has 0 aliphatic heterocycles. The van der Waals surface area contributed by atoms with Gasteiger partial charge in [0.2, 0.25) is 5.13 Å². The molecule has 1 N–H and O–H groups in total. The van der Waals surface area contributed by atoms with Gasteiger partial charge >= 0.3 is 0 Å². The van der Waals surface area contributed by atoms with Crippen LogP contribution in [0.3, 0.4) is 0 Å². The van der Waals surface area contributed by atoms with Gasteiger partial charge in [-0.3, -0.25) is 4.68 Å². The van der Waals surface area contributed by atoms with Gasteiger partial charge in [-0.15, -0.1) is 10.2 Å². The zero-order chi connectivity index (χ0) is 11.5. The predicted molar refractivity (Wildman–Crippen MR) is 64.6 cm³/mol. The average Bonchev–Trinajstić information content (AvgIpc) is 2.86. The van der Waals surface area contributed by atoms with Gasteiger partial charge in [0.1, 0.15) is 5.01 Å². The largest absolute Gasteiger partial charge is 0.356 e. The van der Waals surface area contributed by atoms with Gasteiger partial charge in [-0.1, -0.05) is 18.3 Å². The van der Waals surface area contributed by atoms with Gasteiger partial charge in [0, 0.05) is 24.8 Å². The van der Waals surface area contributed by atoms with E-state index in [0.717, 1.165) is 23.1 Å². The van der Waals surface area contributed by atoms with E-state index in [1.165, 1.54) is 11.3 Å². The fraction of sp³-hybridized carbons (Fsp3) is 0.500. The molecule has 2 aromatic rings. The Morgan fingerprint density at radius 2 is 2.25 bits per heavy atom. The minimum Gasteiger partial charge on any atom is -0.356 e. The molecule has 6 heteroatoms. The maximum atomic E-state index is 4.19. The number of nitrogens with zero attached hydrogens (tertiary/aromatic N) is 4. The molecule has 0 unspecified atom stereocenters. The fourth-order valence-electron chi connectivity index (χ4n) is 1.36. The lowest BCUT2D eigenvalue weighted by atomic mass is 10.2. The van der Waals surface area contributed by atoms with Gasteiger partial charge in [-0.05, 0) is 13.3 Å². The van der Waals surface area contributed by atoms with Crippen LogP contribution in [0.5, 0.6) is 0 Å². The highest BCUT2D eigenvalue weighted by Crippen LogP contribution is 2.17. The quantitative estimate of drug-likeness (QED) is 0.880. The summed E-state index contributed by atoms with van der Waals surface area (Å²) < 4.78 is 1.87. The summed E-state index contributed by atoms with van der Waals surface area (Å²) in [5, 5.41) is 17.5. The van der Waals surface area contributed by atoms with Crippen LogP contribution in [-0.4, -0.2) is 20.0 Å². The number of rotatable bonds is 4. The number of aromatic nitrogens is 4. The van der Waals surface area contributed by atoms with Crippen LogP contribution in [-0.2, 0) is 20.0 Å². The molecule has 2 heterocycles. The topological polar surface area (TPSA) is 55.6 Å². The Morgan fingerprint density at radius 1 is 1.44 bits per heavy atom. The van der Waals surface area contributed by atoms with E-state index < -0.39 is 0 Å². The van der Waals surface area contributed by atoms with Crippen LogP contribution in [0.1, 0.15) is 23.2 Å². The first-order valence-electron chi connectivity index (χ1n) is 5.24. The average molecular weight is 237 g/mol. The molecule has 86 valence electrons. The molecule has 2 rings (SSSR count). The third kappa shape index (κ3) is 2.21. The summed E-state index contributed by atoms with van der Waals surface area (Å²) in [5.41, 5.74) is 2.36. The van der Waals surface area contributed by atoms with Crippen LogP contribution in [0, 0.1) is 6.92 Å². The Hall–Kier alpha value is -1.43. The zero-order valence-corrected chi connectivity index (χ0v) is 10.5. The first-order chi connectivity index (χ1) is 7.70. The van der Waals surface area contributed by atoms with E-state index in [9.17, 15) is 0 Å². The van der Waals surface area contributed by atoms with Crippen molar-refractivity contribution in [2.45, 2.75) is 26.8 Å². The maximum Gasteiger partial charge on any atom is 0.205 e. The van der Waals surface area contributed by atoms with Crippen LogP contribution in [0.25, 0.3) is 0 Å². The van der Waals surface area contributed by atoms with Crippen molar-refractivity contribution in [3.05, 3.63) is 22.5 Å². The summed E-state index contributed by atoms with van der Waals surface area (Å²) >= 11 is 1.60. The second kappa shape index (κ2) is 4.61. The highest BCUT2D eigenvalue weighted by Gasteiger charge is 2.05. The van der Waals surface area contributed by atoms with Crippen LogP contribution in [0.2, 0.25) is 0 Å². The van der Waals surface area contributed by atoms with Crippen molar-refractivity contribution >= 4 is 16.5 Å². The van der Waals surface area contributed by atoms with Gasteiger partial charge in [0.15, 0.2) is 0 Å². The number of aryl methyl sites for hydroxylation is 2. The van der Waals surface area contributed by atoms with Gasteiger partial charge in [0.25, 0.3) is 0 Å². The van der Waals surface area contributed by atoms with Crippen LogP contribution in [0.15, 0.2) is 6.20 Å². The van der Waals surface area contributed by atoms with E-state index in [0.29, 0.717) is 0 Å². The Labute approximate surface area is 98.5 Å². The summed E-state index contributed by atoms with van der Waals surface area (Å²) in [6.45, 7) is 4.88. The highest BCUT2D eigenvalue weighted by atomic mass is 32.1. The lowest BCUT2D eigenvalue weighted by molar-refractivity contribution is 0.738. The molecule has 0 aliphatic carbocycles. The van der Waals surface area contributed by atoms with Crippen molar-refractivity contribution in [2.75, 3.05) is 5.32 Å². The molecule has 0 spiro atoms. The number of hydrogen-bond donors (Lipinski definition) is 1. The third-order valence-electron chi connectivity index (χ3n) is 2.54. The third-order valence-corrected chi connectivity index (χ3v) is 3.56. The molecule has 0 atom stereocenters. The highest BCUT2D eigenvalue weighted by molar-refractivity contribution is 7.15. The second-order valence-electron chi connectivity index (χ2n) is 3.59. The van der Waals surface area contributed by atoms with E-state index in [2.05, 4.69) is 34.5 Å². The van der Waals surface area contributed by atoms with Crippen LogP contribution < -0.4 is 5.32 Å². The summed E-state index contributed by atoms with van der Waals surface area (Å²) in [6, 6.07) is 0. The Balaban J connectivity index is 1.99. The lowest BCUT2D eigenvalue weighted by Gasteiger charge is -2.01. The van der Waals surface area contributed by atoms with E-state index in [1.54, 1.807) is 11.3 Å². The normalized spacial score (nSPS) is 10.7. The van der Waals surface area contributed by atoms with Crippen molar-refractivity contribution in [1.82, 2.24) is 20.0 Å². The van der Waals surface area contributed by atoms with E-state index in [-0.39, 0.29) is 0 Å². The van der Waals surface area contributed by atoms with Crippen molar-refractivity contribution in [2.24, 2.45) is 7.05 Å². The Morgan fingerprint density at radius 3 is 2.81 bits per heavy atom. The molecule has 2 aromatic heterocycles. The van der Waals surface area contributed by atoms with Gasteiger partial charge < -0.3 is 5.32 Å². The van der Waals surface area contributed by atoms with Gasteiger partial charge in [0.05, 0.1) is 6.20 Å².